The fraction of sp³-hybridized carbons (Fsp3) is 0.0909. The van der Waals surface area contributed by atoms with Crippen LogP contribution in [0.25, 0.3) is 0 Å². The Morgan fingerprint density at radius 3 is 2.29 bits per heavy atom. The van der Waals surface area contributed by atoms with E-state index in [1.54, 1.807) is 4.98 Å². The van der Waals surface area contributed by atoms with Gasteiger partial charge in [-0.1, -0.05) is 0 Å². The number of anilines is 1. The van der Waals surface area contributed by atoms with Crippen LogP contribution in [-0.2, 0) is 6.18 Å². The fourth-order valence-corrected chi connectivity index (χ4v) is 1.43. The maximum atomic E-state index is 12.4. The number of aromatic amines is 2. The first-order valence-electron chi connectivity index (χ1n) is 5.45. The summed E-state index contributed by atoms with van der Waals surface area (Å²) >= 11 is 0. The van der Waals surface area contributed by atoms with Crippen molar-refractivity contribution in [3.8, 4) is 0 Å². The Hall–Kier alpha value is -2.91. The zero-order chi connectivity index (χ0) is 15.6. The fourth-order valence-electron chi connectivity index (χ4n) is 1.43. The number of carbonyl (C=O) groups is 1. The maximum Gasteiger partial charge on any atom is 0.416 e. The quantitative estimate of drug-likeness (QED) is 0.759. The molecule has 3 N–H and O–H groups in total. The van der Waals surface area contributed by atoms with Gasteiger partial charge < -0.3 is 5.32 Å². The number of H-pyrrole nitrogens is 2. The molecule has 0 bridgehead atoms. The van der Waals surface area contributed by atoms with Crippen LogP contribution in [0.15, 0.2) is 33.9 Å². The molecule has 2 rings (SSSR count). The first-order chi connectivity index (χ1) is 9.77. The Morgan fingerprint density at radius 2 is 1.76 bits per heavy atom. The molecule has 0 aliphatic heterocycles. The lowest BCUT2D eigenvalue weighted by molar-refractivity contribution is -0.137. The summed E-state index contributed by atoms with van der Waals surface area (Å²) in [6, 6.07) is 3.61. The normalized spacial score (nSPS) is 11.2. The third-order valence-corrected chi connectivity index (χ3v) is 2.40. The molecule has 7 nitrogen and oxygen atoms in total. The van der Waals surface area contributed by atoms with Gasteiger partial charge in [0, 0.05) is 5.69 Å². The van der Waals surface area contributed by atoms with Gasteiger partial charge in [-0.3, -0.25) is 14.6 Å². The number of nitrogens with one attached hydrogen (secondary N) is 3. The molecule has 10 heteroatoms. The average molecular weight is 300 g/mol. The Kier molecular flexibility index (Phi) is 3.61. The van der Waals surface area contributed by atoms with Gasteiger partial charge in [0.25, 0.3) is 11.5 Å². The molecule has 0 spiro atoms. The zero-order valence-electron chi connectivity index (χ0n) is 10.1. The van der Waals surface area contributed by atoms with Gasteiger partial charge in [0.15, 0.2) is 0 Å². The molecule has 1 aromatic carbocycles. The minimum absolute atomic E-state index is 0.0420. The second-order valence-corrected chi connectivity index (χ2v) is 3.88. The number of hydrogen-bond donors (Lipinski definition) is 3. The maximum absolute atomic E-state index is 12.4. The van der Waals surface area contributed by atoms with Crippen LogP contribution in [0.1, 0.15) is 16.1 Å². The summed E-state index contributed by atoms with van der Waals surface area (Å²) in [5.74, 6) is -0.966. The van der Waals surface area contributed by atoms with Gasteiger partial charge in [0.1, 0.15) is 0 Å². The summed E-state index contributed by atoms with van der Waals surface area (Å²) < 4.78 is 37.1. The van der Waals surface area contributed by atoms with Crippen molar-refractivity contribution in [2.24, 2.45) is 0 Å². The highest BCUT2D eigenvalue weighted by atomic mass is 19.4. The third-order valence-electron chi connectivity index (χ3n) is 2.40. The molecule has 0 radical (unpaired) electrons. The van der Waals surface area contributed by atoms with Crippen molar-refractivity contribution in [2.75, 3.05) is 5.32 Å². The van der Waals surface area contributed by atoms with E-state index in [1.807, 2.05) is 5.10 Å². The van der Waals surface area contributed by atoms with Crippen molar-refractivity contribution in [2.45, 2.75) is 6.18 Å². The number of carbonyl (C=O) groups excluding carboxylic acids is 1. The van der Waals surface area contributed by atoms with Gasteiger partial charge in [-0.2, -0.15) is 18.3 Å². The lowest BCUT2D eigenvalue weighted by atomic mass is 10.2. The predicted octanol–water partition coefficient (Wildman–Crippen LogP) is 0.729. The molecular formula is C11H7F3N4O3. The second kappa shape index (κ2) is 5.23. The third kappa shape index (κ3) is 3.35. The van der Waals surface area contributed by atoms with Crippen molar-refractivity contribution in [3.05, 3.63) is 56.4 Å². The molecule has 2 aromatic rings. The number of halogens is 3. The Labute approximate surface area is 113 Å². The molecule has 110 valence electrons. The lowest BCUT2D eigenvalue weighted by Crippen LogP contribution is -2.32. The monoisotopic (exact) mass is 300 g/mol. The standard InChI is InChI=1S/C11H7F3N4O3/c12-11(13,14)5-1-3-6(4-2-5)15-8(19)7-9(20)16-10(21)18-17-7/h1-4H,(H,15,19)(H2,16,18,20,21). The molecule has 0 saturated heterocycles. The molecule has 1 amide bonds. The summed E-state index contributed by atoms with van der Waals surface area (Å²) in [7, 11) is 0. The first-order valence-corrected chi connectivity index (χ1v) is 5.45. The van der Waals surface area contributed by atoms with E-state index >= 15 is 0 Å². The topological polar surface area (TPSA) is 108 Å². The number of amides is 1. The van der Waals surface area contributed by atoms with E-state index in [4.69, 9.17) is 0 Å². The molecule has 0 unspecified atom stereocenters. The number of alkyl halides is 3. The van der Waals surface area contributed by atoms with E-state index in [-0.39, 0.29) is 5.69 Å². The number of hydrogen-bond acceptors (Lipinski definition) is 4. The largest absolute Gasteiger partial charge is 0.416 e. The van der Waals surface area contributed by atoms with E-state index in [1.165, 1.54) is 0 Å². The van der Waals surface area contributed by atoms with Crippen LogP contribution in [0, 0.1) is 0 Å². The average Bonchev–Trinajstić information content (AvgIpc) is 2.38. The smallest absolute Gasteiger partial charge is 0.320 e. The Bertz CT molecular complexity index is 777. The molecule has 0 fully saturated rings. The van der Waals surface area contributed by atoms with Crippen molar-refractivity contribution in [1.82, 2.24) is 15.2 Å². The lowest BCUT2D eigenvalue weighted by Gasteiger charge is -2.08. The highest BCUT2D eigenvalue weighted by Gasteiger charge is 2.30. The van der Waals surface area contributed by atoms with Gasteiger partial charge in [-0.25, -0.2) is 9.89 Å². The molecule has 0 aliphatic carbocycles. The molecular weight excluding hydrogens is 293 g/mol. The minimum atomic E-state index is -4.49. The van der Waals surface area contributed by atoms with Crippen molar-refractivity contribution in [1.29, 1.82) is 0 Å². The van der Waals surface area contributed by atoms with Crippen molar-refractivity contribution in [3.63, 3.8) is 0 Å². The van der Waals surface area contributed by atoms with Crippen LogP contribution in [0.2, 0.25) is 0 Å². The molecule has 0 aliphatic rings. The minimum Gasteiger partial charge on any atom is -0.320 e. The van der Waals surface area contributed by atoms with E-state index in [2.05, 4.69) is 10.4 Å². The van der Waals surface area contributed by atoms with Crippen LogP contribution < -0.4 is 16.6 Å². The summed E-state index contributed by atoms with van der Waals surface area (Å²) in [5, 5.41) is 7.31. The van der Waals surface area contributed by atoms with E-state index in [0.717, 1.165) is 24.3 Å². The van der Waals surface area contributed by atoms with Gasteiger partial charge in [0.05, 0.1) is 5.56 Å². The summed E-state index contributed by atoms with van der Waals surface area (Å²) in [6.45, 7) is 0. The van der Waals surface area contributed by atoms with Crippen molar-refractivity contribution >= 4 is 11.6 Å². The highest BCUT2D eigenvalue weighted by Crippen LogP contribution is 2.29. The second-order valence-electron chi connectivity index (χ2n) is 3.88. The molecule has 21 heavy (non-hydrogen) atoms. The Morgan fingerprint density at radius 1 is 1.14 bits per heavy atom. The van der Waals surface area contributed by atoms with Crippen molar-refractivity contribution < 1.29 is 18.0 Å². The van der Waals surface area contributed by atoms with Crippen LogP contribution in [0.5, 0.6) is 0 Å². The summed E-state index contributed by atoms with van der Waals surface area (Å²) in [4.78, 5) is 35.5. The van der Waals surface area contributed by atoms with Gasteiger partial charge in [0.2, 0.25) is 5.69 Å². The number of nitrogens with zero attached hydrogens (tertiary/aromatic N) is 1. The van der Waals surface area contributed by atoms with Crippen LogP contribution in [0.3, 0.4) is 0 Å². The van der Waals surface area contributed by atoms with E-state index < -0.39 is 34.6 Å². The van der Waals surface area contributed by atoms with Crippen LogP contribution >= 0.6 is 0 Å². The summed E-state index contributed by atoms with van der Waals surface area (Å²) in [6.07, 6.45) is -4.49. The molecule has 0 saturated carbocycles. The van der Waals surface area contributed by atoms with Gasteiger partial charge >= 0.3 is 11.9 Å². The van der Waals surface area contributed by atoms with Crippen LogP contribution in [0.4, 0.5) is 18.9 Å². The first kappa shape index (κ1) is 14.5. The zero-order valence-corrected chi connectivity index (χ0v) is 10.1. The highest BCUT2D eigenvalue weighted by molar-refractivity contribution is 6.02. The molecule has 1 heterocycles. The summed E-state index contributed by atoms with van der Waals surface area (Å²) in [5.41, 5.74) is -3.34. The van der Waals surface area contributed by atoms with Gasteiger partial charge in [-0.05, 0) is 24.3 Å². The number of benzene rings is 1. The molecule has 1 aromatic heterocycles. The SMILES string of the molecule is O=C(Nc1ccc(C(F)(F)F)cc1)c1n[nH]c(=O)[nH]c1=O. The van der Waals surface area contributed by atoms with Gasteiger partial charge in [-0.15, -0.1) is 0 Å². The predicted molar refractivity (Wildman–Crippen MR) is 64.9 cm³/mol. The molecule has 0 atom stereocenters. The number of aromatic nitrogens is 3. The van der Waals surface area contributed by atoms with E-state index in [9.17, 15) is 27.6 Å². The number of rotatable bonds is 2. The van der Waals surface area contributed by atoms with E-state index in [0.29, 0.717) is 0 Å². The Balaban J connectivity index is 2.20. The van der Waals surface area contributed by atoms with Crippen LogP contribution in [-0.4, -0.2) is 21.1 Å².